The molecule has 0 spiro atoms. The van der Waals surface area contributed by atoms with Crippen LogP contribution < -0.4 is 0 Å². The molecular formula is C19H27N3O2. The summed E-state index contributed by atoms with van der Waals surface area (Å²) >= 11 is 0. The van der Waals surface area contributed by atoms with Crippen molar-refractivity contribution >= 4 is 10.9 Å². The number of hydrogen-bond donors (Lipinski definition) is 2. The summed E-state index contributed by atoms with van der Waals surface area (Å²) in [4.78, 5) is 8.57. The molecule has 24 heavy (non-hydrogen) atoms. The summed E-state index contributed by atoms with van der Waals surface area (Å²) in [6, 6.07) is 8.50. The molecule has 1 unspecified atom stereocenters. The van der Waals surface area contributed by atoms with E-state index >= 15 is 0 Å². The van der Waals surface area contributed by atoms with Gasteiger partial charge in [0.2, 0.25) is 0 Å². The maximum atomic E-state index is 9.95. The molecule has 0 aliphatic carbocycles. The molecule has 0 saturated carbocycles. The number of fused-ring (bicyclic) bond motifs is 3. The van der Waals surface area contributed by atoms with E-state index in [1.807, 2.05) is 0 Å². The Morgan fingerprint density at radius 2 is 1.88 bits per heavy atom. The van der Waals surface area contributed by atoms with Gasteiger partial charge in [0, 0.05) is 61.8 Å². The second-order valence-corrected chi connectivity index (χ2v) is 6.95. The third-order valence-electron chi connectivity index (χ3n) is 5.47. The van der Waals surface area contributed by atoms with Gasteiger partial charge in [0.05, 0.1) is 19.8 Å². The first-order chi connectivity index (χ1) is 11.8. The number of nitrogens with one attached hydrogen (secondary N) is 1. The molecule has 0 radical (unpaired) electrons. The maximum absolute atomic E-state index is 9.95. The molecule has 5 heteroatoms. The summed E-state index contributed by atoms with van der Waals surface area (Å²) in [6.45, 7) is 8.16. The lowest BCUT2D eigenvalue weighted by Crippen LogP contribution is -2.42. The lowest BCUT2D eigenvalue weighted by Gasteiger charge is -2.30. The monoisotopic (exact) mass is 329 g/mol. The largest absolute Gasteiger partial charge is 0.396 e. The Balaban J connectivity index is 1.47. The summed E-state index contributed by atoms with van der Waals surface area (Å²) in [5.74, 6) is 0.180. The Bertz CT molecular complexity index is 678. The number of aliphatic hydroxyl groups is 1. The number of hydrogen-bond acceptors (Lipinski definition) is 4. The van der Waals surface area contributed by atoms with E-state index in [-0.39, 0.29) is 12.5 Å². The first kappa shape index (κ1) is 16.1. The fourth-order valence-electron chi connectivity index (χ4n) is 4.06. The second-order valence-electron chi connectivity index (χ2n) is 6.95. The zero-order valence-corrected chi connectivity index (χ0v) is 14.2. The molecule has 1 saturated heterocycles. The summed E-state index contributed by atoms with van der Waals surface area (Å²) in [5.41, 5.74) is 3.84. The van der Waals surface area contributed by atoms with Gasteiger partial charge in [0.15, 0.2) is 0 Å². The van der Waals surface area contributed by atoms with E-state index in [2.05, 4.69) is 39.0 Å². The Kier molecular flexibility index (Phi) is 4.85. The van der Waals surface area contributed by atoms with Gasteiger partial charge in [-0.2, -0.15) is 0 Å². The molecule has 1 aromatic carbocycles. The van der Waals surface area contributed by atoms with Crippen LogP contribution in [0.2, 0.25) is 0 Å². The number of para-hydroxylation sites is 1. The van der Waals surface area contributed by atoms with E-state index in [1.54, 1.807) is 0 Å². The third kappa shape index (κ3) is 3.22. The average molecular weight is 329 g/mol. The van der Waals surface area contributed by atoms with Gasteiger partial charge in [-0.3, -0.25) is 4.90 Å². The summed E-state index contributed by atoms with van der Waals surface area (Å²) in [7, 11) is 0. The molecule has 1 fully saturated rings. The molecule has 3 heterocycles. The predicted molar refractivity (Wildman–Crippen MR) is 95.5 cm³/mol. The minimum Gasteiger partial charge on any atom is -0.396 e. The van der Waals surface area contributed by atoms with Gasteiger partial charge in [-0.15, -0.1) is 0 Å². The first-order valence-electron chi connectivity index (χ1n) is 9.08. The Labute approximate surface area is 143 Å². The highest BCUT2D eigenvalue weighted by molar-refractivity contribution is 5.85. The average Bonchev–Trinajstić information content (AvgIpc) is 2.91. The predicted octanol–water partition coefficient (Wildman–Crippen LogP) is 1.43. The van der Waals surface area contributed by atoms with E-state index in [1.165, 1.54) is 22.2 Å². The van der Waals surface area contributed by atoms with Crippen molar-refractivity contribution in [2.24, 2.45) is 0 Å². The minimum absolute atomic E-state index is 0.180. The van der Waals surface area contributed by atoms with Crippen molar-refractivity contribution in [2.45, 2.75) is 12.3 Å². The molecule has 1 aromatic heterocycles. The number of aliphatic hydroxyl groups excluding tert-OH is 1. The van der Waals surface area contributed by atoms with Crippen LogP contribution in [0.5, 0.6) is 0 Å². The van der Waals surface area contributed by atoms with E-state index in [0.717, 1.165) is 58.9 Å². The molecule has 0 bridgehead atoms. The Morgan fingerprint density at radius 1 is 1.08 bits per heavy atom. The van der Waals surface area contributed by atoms with Crippen molar-refractivity contribution in [3.05, 3.63) is 35.5 Å². The normalized spacial score (nSPS) is 23.3. The number of aromatic amines is 1. The fraction of sp³-hybridized carbons (Fsp3) is 0.579. The second kappa shape index (κ2) is 7.23. The van der Waals surface area contributed by atoms with Crippen LogP contribution in [0.15, 0.2) is 24.3 Å². The van der Waals surface area contributed by atoms with Crippen molar-refractivity contribution in [2.75, 3.05) is 59.1 Å². The van der Waals surface area contributed by atoms with Crippen LogP contribution in [0.1, 0.15) is 17.2 Å². The molecular weight excluding hydrogens is 302 g/mol. The Hall–Kier alpha value is -1.40. The zero-order valence-electron chi connectivity index (χ0n) is 14.2. The van der Waals surface area contributed by atoms with E-state index < -0.39 is 0 Å². The topological polar surface area (TPSA) is 51.7 Å². The summed E-state index contributed by atoms with van der Waals surface area (Å²) < 4.78 is 5.43. The van der Waals surface area contributed by atoms with Crippen LogP contribution in [-0.2, 0) is 11.2 Å². The van der Waals surface area contributed by atoms with Crippen LogP contribution in [0.25, 0.3) is 10.9 Å². The maximum Gasteiger partial charge on any atom is 0.0594 e. The highest BCUT2D eigenvalue weighted by Gasteiger charge is 2.26. The van der Waals surface area contributed by atoms with E-state index in [4.69, 9.17) is 4.74 Å². The highest BCUT2D eigenvalue weighted by Crippen LogP contribution is 2.31. The van der Waals surface area contributed by atoms with Crippen molar-refractivity contribution in [1.82, 2.24) is 14.8 Å². The lowest BCUT2D eigenvalue weighted by atomic mass is 10.0. The van der Waals surface area contributed by atoms with Gasteiger partial charge in [0.1, 0.15) is 0 Å². The molecule has 4 rings (SSSR count). The van der Waals surface area contributed by atoms with Crippen LogP contribution in [-0.4, -0.2) is 79.0 Å². The van der Waals surface area contributed by atoms with Gasteiger partial charge in [-0.25, -0.2) is 0 Å². The zero-order chi connectivity index (χ0) is 16.4. The summed E-state index contributed by atoms with van der Waals surface area (Å²) in [5, 5.41) is 11.3. The number of nitrogens with zero attached hydrogens (tertiary/aromatic N) is 2. The van der Waals surface area contributed by atoms with E-state index in [0.29, 0.717) is 0 Å². The van der Waals surface area contributed by atoms with Gasteiger partial charge >= 0.3 is 0 Å². The molecule has 0 amide bonds. The van der Waals surface area contributed by atoms with Crippen molar-refractivity contribution in [3.63, 3.8) is 0 Å². The molecule has 1 atom stereocenters. The van der Waals surface area contributed by atoms with Crippen LogP contribution in [0, 0.1) is 0 Å². The van der Waals surface area contributed by atoms with Crippen molar-refractivity contribution in [3.8, 4) is 0 Å². The van der Waals surface area contributed by atoms with E-state index in [9.17, 15) is 5.11 Å². The lowest BCUT2D eigenvalue weighted by molar-refractivity contribution is 0.0329. The first-order valence-corrected chi connectivity index (χ1v) is 9.08. The molecule has 2 N–H and O–H groups in total. The number of benzene rings is 1. The molecule has 5 nitrogen and oxygen atoms in total. The fourth-order valence-corrected chi connectivity index (χ4v) is 4.06. The quantitative estimate of drug-likeness (QED) is 0.891. The third-order valence-corrected chi connectivity index (χ3v) is 5.47. The minimum atomic E-state index is 0.180. The van der Waals surface area contributed by atoms with Crippen molar-refractivity contribution < 1.29 is 9.84 Å². The number of H-pyrrole nitrogens is 1. The highest BCUT2D eigenvalue weighted by atomic mass is 16.5. The van der Waals surface area contributed by atoms with Gasteiger partial charge < -0.3 is 19.7 Å². The van der Waals surface area contributed by atoms with Crippen LogP contribution in [0.4, 0.5) is 0 Å². The summed E-state index contributed by atoms with van der Waals surface area (Å²) in [6.07, 6.45) is 1.05. The van der Waals surface area contributed by atoms with Crippen molar-refractivity contribution in [1.29, 1.82) is 0 Å². The SMILES string of the molecule is OCC1CN(CCN2CCOCC2)CCc2c1[nH]c1ccccc21. The smallest absolute Gasteiger partial charge is 0.0594 e. The molecule has 130 valence electrons. The number of ether oxygens (including phenoxy) is 1. The molecule has 2 aromatic rings. The standard InChI is InChI=1S/C19H27N3O2/c23-14-15-13-22(8-7-21-9-11-24-12-10-21)6-5-17-16-3-1-2-4-18(16)20-19(15)17/h1-4,15,20,23H,5-14H2. The Morgan fingerprint density at radius 3 is 2.71 bits per heavy atom. The number of morpholine rings is 1. The van der Waals surface area contributed by atoms with Gasteiger partial charge in [0.25, 0.3) is 0 Å². The van der Waals surface area contributed by atoms with Crippen LogP contribution >= 0.6 is 0 Å². The van der Waals surface area contributed by atoms with Gasteiger partial charge in [-0.1, -0.05) is 18.2 Å². The molecule has 2 aliphatic heterocycles. The van der Waals surface area contributed by atoms with Gasteiger partial charge in [-0.05, 0) is 18.1 Å². The number of aromatic nitrogens is 1. The molecule has 2 aliphatic rings. The van der Waals surface area contributed by atoms with Crippen LogP contribution in [0.3, 0.4) is 0 Å². The number of rotatable bonds is 4.